The molecule has 0 aromatic heterocycles. The van der Waals surface area contributed by atoms with Gasteiger partial charge in [-0.15, -0.1) is 0 Å². The number of aryl methyl sites for hydroxylation is 2. The van der Waals surface area contributed by atoms with Crippen LogP contribution in [0.15, 0.2) is 84.9 Å². The number of ether oxygens (including phenoxy) is 4. The van der Waals surface area contributed by atoms with Gasteiger partial charge >= 0.3 is 0 Å². The van der Waals surface area contributed by atoms with Crippen molar-refractivity contribution < 1.29 is 28.5 Å². The molecule has 0 saturated heterocycles. The summed E-state index contributed by atoms with van der Waals surface area (Å²) in [6.45, 7) is 7.30. The lowest BCUT2D eigenvalue weighted by Crippen LogP contribution is -2.30. The molecule has 0 aliphatic heterocycles. The van der Waals surface area contributed by atoms with Gasteiger partial charge in [-0.1, -0.05) is 12.1 Å². The van der Waals surface area contributed by atoms with Gasteiger partial charge in [-0.2, -0.15) is 0 Å². The van der Waals surface area contributed by atoms with Crippen molar-refractivity contribution in [2.75, 3.05) is 24.9 Å². The van der Waals surface area contributed by atoms with E-state index in [0.29, 0.717) is 22.9 Å². The van der Waals surface area contributed by atoms with Gasteiger partial charge < -0.3 is 29.6 Å². The number of carbonyl (C=O) groups excluding carboxylic acids is 2. The van der Waals surface area contributed by atoms with Crippen LogP contribution in [-0.2, 0) is 9.59 Å². The van der Waals surface area contributed by atoms with E-state index >= 15 is 0 Å². The van der Waals surface area contributed by atoms with Crippen LogP contribution in [0.25, 0.3) is 11.1 Å². The molecule has 2 unspecified atom stereocenters. The molecule has 0 radical (unpaired) electrons. The summed E-state index contributed by atoms with van der Waals surface area (Å²) in [5, 5.41) is 5.91. The number of amides is 2. The van der Waals surface area contributed by atoms with E-state index < -0.39 is 12.2 Å². The first-order chi connectivity index (χ1) is 20.2. The van der Waals surface area contributed by atoms with E-state index in [0.717, 1.165) is 33.8 Å². The lowest BCUT2D eigenvalue weighted by molar-refractivity contribution is -0.122. The molecule has 4 aromatic rings. The van der Waals surface area contributed by atoms with Crippen molar-refractivity contribution >= 4 is 23.2 Å². The van der Waals surface area contributed by atoms with Crippen LogP contribution in [0.5, 0.6) is 23.0 Å². The van der Waals surface area contributed by atoms with Crippen LogP contribution in [0, 0.1) is 13.8 Å². The highest BCUT2D eigenvalue weighted by Gasteiger charge is 2.18. The lowest BCUT2D eigenvalue weighted by Gasteiger charge is -2.17. The number of methoxy groups -OCH3 is 2. The van der Waals surface area contributed by atoms with Crippen LogP contribution in [0.4, 0.5) is 11.4 Å². The molecular formula is C34H36N2O6. The highest BCUT2D eigenvalue weighted by molar-refractivity contribution is 5.96. The molecule has 2 atom stereocenters. The van der Waals surface area contributed by atoms with E-state index in [1.165, 1.54) is 0 Å². The largest absolute Gasteiger partial charge is 0.497 e. The van der Waals surface area contributed by atoms with Crippen molar-refractivity contribution in [2.45, 2.75) is 39.9 Å². The van der Waals surface area contributed by atoms with Crippen molar-refractivity contribution in [1.29, 1.82) is 0 Å². The molecule has 4 rings (SSSR count). The summed E-state index contributed by atoms with van der Waals surface area (Å²) in [5.41, 5.74) is 5.23. The smallest absolute Gasteiger partial charge is 0.265 e. The van der Waals surface area contributed by atoms with Crippen molar-refractivity contribution in [2.24, 2.45) is 0 Å². The normalized spacial score (nSPS) is 12.0. The van der Waals surface area contributed by atoms with Crippen LogP contribution in [0.3, 0.4) is 0 Å². The van der Waals surface area contributed by atoms with E-state index in [1.54, 1.807) is 76.6 Å². The quantitative estimate of drug-likeness (QED) is 0.207. The zero-order chi connectivity index (χ0) is 30.2. The fraction of sp³-hybridized carbons (Fsp3) is 0.235. The number of rotatable bonds is 11. The minimum Gasteiger partial charge on any atom is -0.497 e. The molecule has 0 saturated carbocycles. The molecule has 0 bridgehead atoms. The Morgan fingerprint density at radius 1 is 0.548 bits per heavy atom. The van der Waals surface area contributed by atoms with Gasteiger partial charge in [-0.05, 0) is 123 Å². The third-order valence-electron chi connectivity index (χ3n) is 6.78. The zero-order valence-electron chi connectivity index (χ0n) is 24.7. The number of carbonyl (C=O) groups is 2. The minimum absolute atomic E-state index is 0.247. The maximum atomic E-state index is 12.8. The Kier molecular flexibility index (Phi) is 9.70. The first-order valence-corrected chi connectivity index (χ1v) is 13.6. The number of hydrogen-bond acceptors (Lipinski definition) is 6. The fourth-order valence-corrected chi connectivity index (χ4v) is 4.26. The van der Waals surface area contributed by atoms with Gasteiger partial charge in [0.2, 0.25) is 0 Å². The molecule has 0 aliphatic carbocycles. The van der Waals surface area contributed by atoms with E-state index in [2.05, 4.69) is 10.6 Å². The average Bonchev–Trinajstić information content (AvgIpc) is 2.99. The lowest BCUT2D eigenvalue weighted by atomic mass is 9.99. The van der Waals surface area contributed by atoms with Crippen molar-refractivity contribution in [1.82, 2.24) is 0 Å². The highest BCUT2D eigenvalue weighted by atomic mass is 16.5. The number of hydrogen-bond donors (Lipinski definition) is 2. The zero-order valence-corrected chi connectivity index (χ0v) is 24.7. The van der Waals surface area contributed by atoms with Crippen LogP contribution in [-0.4, -0.2) is 38.2 Å². The van der Waals surface area contributed by atoms with E-state index in [1.807, 2.05) is 50.2 Å². The van der Waals surface area contributed by atoms with Gasteiger partial charge in [0.25, 0.3) is 11.8 Å². The van der Waals surface area contributed by atoms with Crippen LogP contribution in [0.1, 0.15) is 25.0 Å². The van der Waals surface area contributed by atoms with Crippen molar-refractivity contribution in [3.8, 4) is 34.1 Å². The molecule has 218 valence electrons. The monoisotopic (exact) mass is 568 g/mol. The summed E-state index contributed by atoms with van der Waals surface area (Å²) < 4.78 is 21.9. The number of anilines is 2. The number of benzene rings is 4. The summed E-state index contributed by atoms with van der Waals surface area (Å²) in [4.78, 5) is 25.6. The van der Waals surface area contributed by atoms with Crippen LogP contribution >= 0.6 is 0 Å². The van der Waals surface area contributed by atoms with Crippen LogP contribution in [0.2, 0.25) is 0 Å². The maximum Gasteiger partial charge on any atom is 0.265 e. The molecule has 2 N–H and O–H groups in total. The molecule has 2 amide bonds. The van der Waals surface area contributed by atoms with E-state index in [-0.39, 0.29) is 11.8 Å². The summed E-state index contributed by atoms with van der Waals surface area (Å²) in [7, 11) is 3.19. The Balaban J connectivity index is 1.36. The van der Waals surface area contributed by atoms with Gasteiger partial charge in [0.15, 0.2) is 12.2 Å². The van der Waals surface area contributed by atoms with Gasteiger partial charge in [0.05, 0.1) is 14.2 Å². The van der Waals surface area contributed by atoms with Crippen molar-refractivity contribution in [3.63, 3.8) is 0 Å². The summed E-state index contributed by atoms with van der Waals surface area (Å²) in [6, 6.07) is 25.9. The first kappa shape index (κ1) is 30.0. The Hall–Kier alpha value is -4.98. The molecule has 42 heavy (non-hydrogen) atoms. The number of nitrogens with one attached hydrogen (secondary N) is 2. The second-order valence-electron chi connectivity index (χ2n) is 9.91. The molecule has 8 heteroatoms. The van der Waals surface area contributed by atoms with Gasteiger partial charge in [-0.3, -0.25) is 9.59 Å². The summed E-state index contributed by atoms with van der Waals surface area (Å²) >= 11 is 0. The predicted octanol–water partition coefficient (Wildman–Crippen LogP) is 6.80. The molecule has 8 nitrogen and oxygen atoms in total. The SMILES string of the molecule is COc1ccc(OC(C)C(=O)Nc2ccc(-c3ccc(NC(=O)C(C)Oc4ccc(OC)cc4)c(C)c3)cc2C)cc1. The summed E-state index contributed by atoms with van der Waals surface area (Å²) in [5.74, 6) is 2.11. The second-order valence-corrected chi connectivity index (χ2v) is 9.91. The third-order valence-corrected chi connectivity index (χ3v) is 6.78. The van der Waals surface area contributed by atoms with Crippen LogP contribution < -0.4 is 29.6 Å². The van der Waals surface area contributed by atoms with Gasteiger partial charge in [-0.25, -0.2) is 0 Å². The third kappa shape index (κ3) is 7.60. The Bertz CT molecular complexity index is 1420. The van der Waals surface area contributed by atoms with Gasteiger partial charge in [0, 0.05) is 11.4 Å². The molecule has 0 heterocycles. The van der Waals surface area contributed by atoms with E-state index in [4.69, 9.17) is 18.9 Å². The Morgan fingerprint density at radius 2 is 0.881 bits per heavy atom. The maximum absolute atomic E-state index is 12.8. The van der Waals surface area contributed by atoms with Crippen molar-refractivity contribution in [3.05, 3.63) is 96.1 Å². The fourth-order valence-electron chi connectivity index (χ4n) is 4.26. The molecular weight excluding hydrogens is 532 g/mol. The first-order valence-electron chi connectivity index (χ1n) is 13.6. The standard InChI is InChI=1S/C34H36N2O6/c1-21-19-25(7-17-31(21)35-33(37)23(3)41-29-13-9-27(39-5)10-14-29)26-8-18-32(22(2)20-26)36-34(38)24(4)42-30-15-11-28(40-6)12-16-30/h7-20,23-24H,1-6H3,(H,35,37)(H,36,38). The predicted molar refractivity (Wildman–Crippen MR) is 165 cm³/mol. The second kappa shape index (κ2) is 13.6. The van der Waals surface area contributed by atoms with Gasteiger partial charge in [0.1, 0.15) is 23.0 Å². The highest BCUT2D eigenvalue weighted by Crippen LogP contribution is 2.29. The topological polar surface area (TPSA) is 95.1 Å². The van der Waals surface area contributed by atoms with E-state index in [9.17, 15) is 9.59 Å². The Labute approximate surface area is 246 Å². The molecule has 0 spiro atoms. The summed E-state index contributed by atoms with van der Waals surface area (Å²) in [6.07, 6.45) is -1.38. The minimum atomic E-state index is -0.688. The Morgan fingerprint density at radius 3 is 1.19 bits per heavy atom. The molecule has 0 fully saturated rings. The average molecular weight is 569 g/mol. The molecule has 0 aliphatic rings. The molecule has 4 aromatic carbocycles.